The zero-order chi connectivity index (χ0) is 12.4. The second kappa shape index (κ2) is 4.69. The molecular formula is C12H17N3O2. The van der Waals surface area contributed by atoms with Crippen molar-refractivity contribution in [2.24, 2.45) is 0 Å². The molecule has 0 aliphatic carbocycles. The monoisotopic (exact) mass is 235 g/mol. The van der Waals surface area contributed by atoms with Crippen molar-refractivity contribution >= 4 is 11.8 Å². The molecule has 0 bridgehead atoms. The molecule has 2 rings (SSSR count). The van der Waals surface area contributed by atoms with Crippen molar-refractivity contribution in [2.75, 3.05) is 11.4 Å². The number of nitrogens with zero attached hydrogens (tertiary/aromatic N) is 3. The highest BCUT2D eigenvalue weighted by Crippen LogP contribution is 2.24. The number of aryl methyl sites for hydroxylation is 2. The van der Waals surface area contributed by atoms with Crippen molar-refractivity contribution in [2.45, 2.75) is 39.2 Å². The first-order valence-electron chi connectivity index (χ1n) is 5.96. The van der Waals surface area contributed by atoms with Gasteiger partial charge in [0, 0.05) is 18.3 Å². The second-order valence-corrected chi connectivity index (χ2v) is 4.31. The number of carboxylic acid groups (broad SMARTS) is 1. The van der Waals surface area contributed by atoms with Gasteiger partial charge < -0.3 is 10.0 Å². The molecule has 92 valence electrons. The topological polar surface area (TPSA) is 66.3 Å². The van der Waals surface area contributed by atoms with Crippen molar-refractivity contribution in [1.29, 1.82) is 0 Å². The van der Waals surface area contributed by atoms with Crippen molar-refractivity contribution in [3.05, 3.63) is 17.6 Å². The minimum Gasteiger partial charge on any atom is -0.480 e. The van der Waals surface area contributed by atoms with E-state index in [2.05, 4.69) is 9.97 Å². The van der Waals surface area contributed by atoms with Gasteiger partial charge in [-0.1, -0.05) is 6.92 Å². The van der Waals surface area contributed by atoms with Crippen LogP contribution < -0.4 is 4.90 Å². The fraction of sp³-hybridized carbons (Fsp3) is 0.583. The SMILES string of the molecule is CCc1cc(N2CCC[C@@H]2C(=O)O)nc(C)n1. The number of aromatic nitrogens is 2. The van der Waals surface area contributed by atoms with Gasteiger partial charge in [0.15, 0.2) is 0 Å². The van der Waals surface area contributed by atoms with Crippen molar-refractivity contribution in [3.8, 4) is 0 Å². The fourth-order valence-electron chi connectivity index (χ4n) is 2.24. The predicted octanol–water partition coefficient (Wildman–Crippen LogP) is 1.40. The lowest BCUT2D eigenvalue weighted by molar-refractivity contribution is -0.138. The first kappa shape index (κ1) is 11.8. The molecule has 0 saturated carbocycles. The van der Waals surface area contributed by atoms with Gasteiger partial charge in [0.05, 0.1) is 0 Å². The zero-order valence-corrected chi connectivity index (χ0v) is 10.2. The van der Waals surface area contributed by atoms with Crippen LogP contribution in [-0.2, 0) is 11.2 Å². The highest BCUT2D eigenvalue weighted by atomic mass is 16.4. The molecule has 1 fully saturated rings. The molecule has 2 heterocycles. The van der Waals surface area contributed by atoms with E-state index in [1.165, 1.54) is 0 Å². The van der Waals surface area contributed by atoms with Crippen LogP contribution in [0.5, 0.6) is 0 Å². The van der Waals surface area contributed by atoms with E-state index in [4.69, 9.17) is 5.11 Å². The number of hydrogen-bond donors (Lipinski definition) is 1. The van der Waals surface area contributed by atoms with Crippen LogP contribution in [-0.4, -0.2) is 33.6 Å². The molecule has 1 saturated heterocycles. The Morgan fingerprint density at radius 1 is 1.59 bits per heavy atom. The summed E-state index contributed by atoms with van der Waals surface area (Å²) in [5.74, 6) is 0.687. The Bertz CT molecular complexity index is 434. The summed E-state index contributed by atoms with van der Waals surface area (Å²) in [6.45, 7) is 4.63. The molecule has 0 unspecified atom stereocenters. The lowest BCUT2D eigenvalue weighted by Gasteiger charge is -2.23. The molecule has 1 aliphatic heterocycles. The molecule has 1 aromatic rings. The van der Waals surface area contributed by atoms with E-state index < -0.39 is 12.0 Å². The summed E-state index contributed by atoms with van der Waals surface area (Å²) in [6.07, 6.45) is 2.43. The van der Waals surface area contributed by atoms with E-state index in [0.717, 1.165) is 30.9 Å². The third-order valence-electron chi connectivity index (χ3n) is 3.07. The number of hydrogen-bond acceptors (Lipinski definition) is 4. The summed E-state index contributed by atoms with van der Waals surface area (Å²) in [4.78, 5) is 21.7. The maximum absolute atomic E-state index is 11.1. The molecular weight excluding hydrogens is 218 g/mol. The maximum Gasteiger partial charge on any atom is 0.326 e. The lowest BCUT2D eigenvalue weighted by atomic mass is 10.2. The Morgan fingerprint density at radius 2 is 2.35 bits per heavy atom. The second-order valence-electron chi connectivity index (χ2n) is 4.31. The van der Waals surface area contributed by atoms with Crippen LogP contribution in [0.4, 0.5) is 5.82 Å². The van der Waals surface area contributed by atoms with Crippen LogP contribution in [0, 0.1) is 6.92 Å². The van der Waals surface area contributed by atoms with E-state index in [1.807, 2.05) is 24.8 Å². The normalized spacial score (nSPS) is 19.6. The van der Waals surface area contributed by atoms with E-state index in [1.54, 1.807) is 0 Å². The van der Waals surface area contributed by atoms with E-state index >= 15 is 0 Å². The van der Waals surface area contributed by atoms with Gasteiger partial charge in [0.1, 0.15) is 17.7 Å². The highest BCUT2D eigenvalue weighted by Gasteiger charge is 2.31. The summed E-state index contributed by atoms with van der Waals surface area (Å²) in [7, 11) is 0. The number of anilines is 1. The minimum absolute atomic E-state index is 0.436. The summed E-state index contributed by atoms with van der Waals surface area (Å²) in [6, 6.07) is 1.46. The summed E-state index contributed by atoms with van der Waals surface area (Å²) < 4.78 is 0. The predicted molar refractivity (Wildman–Crippen MR) is 64.2 cm³/mol. The fourth-order valence-corrected chi connectivity index (χ4v) is 2.24. The van der Waals surface area contributed by atoms with Crippen molar-refractivity contribution in [3.63, 3.8) is 0 Å². The van der Waals surface area contributed by atoms with E-state index in [0.29, 0.717) is 12.2 Å². The smallest absolute Gasteiger partial charge is 0.326 e. The van der Waals surface area contributed by atoms with Crippen LogP contribution in [0.15, 0.2) is 6.07 Å². The van der Waals surface area contributed by atoms with Crippen LogP contribution in [0.3, 0.4) is 0 Å². The summed E-state index contributed by atoms with van der Waals surface area (Å²) >= 11 is 0. The first-order valence-corrected chi connectivity index (χ1v) is 5.96. The first-order chi connectivity index (χ1) is 8.11. The average molecular weight is 235 g/mol. The van der Waals surface area contributed by atoms with E-state index in [-0.39, 0.29) is 0 Å². The van der Waals surface area contributed by atoms with Crippen LogP contribution in [0.2, 0.25) is 0 Å². The minimum atomic E-state index is -0.767. The molecule has 0 radical (unpaired) electrons. The Labute approximate surface area is 100 Å². The largest absolute Gasteiger partial charge is 0.480 e. The van der Waals surface area contributed by atoms with Crippen molar-refractivity contribution in [1.82, 2.24) is 9.97 Å². The molecule has 0 amide bonds. The molecule has 17 heavy (non-hydrogen) atoms. The zero-order valence-electron chi connectivity index (χ0n) is 10.2. The Morgan fingerprint density at radius 3 is 3.00 bits per heavy atom. The third kappa shape index (κ3) is 2.38. The molecule has 5 nitrogen and oxygen atoms in total. The Balaban J connectivity index is 2.32. The Kier molecular flexibility index (Phi) is 3.26. The molecule has 5 heteroatoms. The average Bonchev–Trinajstić information content (AvgIpc) is 2.77. The van der Waals surface area contributed by atoms with Gasteiger partial charge in [-0.2, -0.15) is 0 Å². The third-order valence-corrected chi connectivity index (χ3v) is 3.07. The van der Waals surface area contributed by atoms with Gasteiger partial charge in [-0.3, -0.25) is 0 Å². The summed E-state index contributed by atoms with van der Waals surface area (Å²) in [5.41, 5.74) is 0.962. The van der Waals surface area contributed by atoms with Gasteiger partial charge in [-0.15, -0.1) is 0 Å². The van der Waals surface area contributed by atoms with Crippen LogP contribution in [0.25, 0.3) is 0 Å². The highest BCUT2D eigenvalue weighted by molar-refractivity contribution is 5.78. The lowest BCUT2D eigenvalue weighted by Crippen LogP contribution is -2.36. The maximum atomic E-state index is 11.1. The number of carboxylic acids is 1. The molecule has 1 atom stereocenters. The number of aliphatic carboxylic acids is 1. The van der Waals surface area contributed by atoms with Gasteiger partial charge in [-0.25, -0.2) is 14.8 Å². The van der Waals surface area contributed by atoms with Gasteiger partial charge in [-0.05, 0) is 26.2 Å². The van der Waals surface area contributed by atoms with Gasteiger partial charge >= 0.3 is 5.97 Å². The number of rotatable bonds is 3. The number of carbonyl (C=O) groups is 1. The standard InChI is InChI=1S/C12H17N3O2/c1-3-9-7-11(14-8(2)13-9)15-6-4-5-10(15)12(16)17/h7,10H,3-6H2,1-2H3,(H,16,17)/t10-/m1/s1. The molecule has 1 N–H and O–H groups in total. The molecule has 1 aliphatic rings. The molecule has 1 aromatic heterocycles. The van der Waals surface area contributed by atoms with Crippen LogP contribution >= 0.6 is 0 Å². The molecule has 0 aromatic carbocycles. The molecule has 0 spiro atoms. The van der Waals surface area contributed by atoms with Gasteiger partial charge in [0.25, 0.3) is 0 Å². The van der Waals surface area contributed by atoms with Crippen molar-refractivity contribution < 1.29 is 9.90 Å². The summed E-state index contributed by atoms with van der Waals surface area (Å²) in [5, 5.41) is 9.16. The Hall–Kier alpha value is -1.65. The van der Waals surface area contributed by atoms with Crippen LogP contribution in [0.1, 0.15) is 31.3 Å². The van der Waals surface area contributed by atoms with E-state index in [9.17, 15) is 4.79 Å². The quantitative estimate of drug-likeness (QED) is 0.857. The van der Waals surface area contributed by atoms with Gasteiger partial charge in [0.2, 0.25) is 0 Å².